The van der Waals surface area contributed by atoms with Crippen LogP contribution in [0.4, 0.5) is 0 Å². The van der Waals surface area contributed by atoms with Crippen LogP contribution in [0.5, 0.6) is 0 Å². The van der Waals surface area contributed by atoms with Gasteiger partial charge in [0.05, 0.1) is 24.8 Å². The van der Waals surface area contributed by atoms with E-state index in [1.165, 1.54) is 12.8 Å². The highest BCUT2D eigenvalue weighted by atomic mass is 16.5. The predicted molar refractivity (Wildman–Crippen MR) is 63.3 cm³/mol. The lowest BCUT2D eigenvalue weighted by Crippen LogP contribution is -2.24. The molecule has 1 aliphatic heterocycles. The number of allylic oxidation sites excluding steroid dienone is 2. The van der Waals surface area contributed by atoms with E-state index in [0.29, 0.717) is 17.9 Å². The predicted octanol–water partition coefficient (Wildman–Crippen LogP) is 0.933. The third kappa shape index (κ3) is 2.75. The van der Waals surface area contributed by atoms with Gasteiger partial charge in [-0.25, -0.2) is 0 Å². The molecule has 0 saturated carbocycles. The van der Waals surface area contributed by atoms with E-state index in [0.717, 1.165) is 18.8 Å². The summed E-state index contributed by atoms with van der Waals surface area (Å²) in [6, 6.07) is 0. The van der Waals surface area contributed by atoms with Crippen molar-refractivity contribution in [3.8, 4) is 0 Å². The molecular formula is C12H17N3O2. The Hall–Kier alpha value is -1.58. The quantitative estimate of drug-likeness (QED) is 0.582. The lowest BCUT2D eigenvalue weighted by molar-refractivity contribution is -0.00603. The number of aliphatic hydroxyl groups is 1. The van der Waals surface area contributed by atoms with E-state index >= 15 is 0 Å². The van der Waals surface area contributed by atoms with Gasteiger partial charge in [-0.1, -0.05) is 0 Å². The smallest absolute Gasteiger partial charge is 0.299 e. The first-order chi connectivity index (χ1) is 8.35. The van der Waals surface area contributed by atoms with Gasteiger partial charge in [0, 0.05) is 13.1 Å². The van der Waals surface area contributed by atoms with Gasteiger partial charge in [-0.2, -0.15) is 4.79 Å². The fourth-order valence-electron chi connectivity index (χ4n) is 2.17. The molecule has 1 heterocycles. The second-order valence-corrected chi connectivity index (χ2v) is 4.16. The molecule has 1 fully saturated rings. The summed E-state index contributed by atoms with van der Waals surface area (Å²) in [6.45, 7) is 2.32. The molecule has 5 heteroatoms. The molecule has 0 aromatic heterocycles. The average Bonchev–Trinajstić information content (AvgIpc) is 2.89. The standard InChI is InChI=1S/C12H17N3O2/c13-14-10-3-4-11(15-5-1-2-6-15)12(9-10)17-8-7-16/h4,9,16H,1-3,5-8H2. The highest BCUT2D eigenvalue weighted by molar-refractivity contribution is 5.93. The molecule has 2 rings (SSSR count). The van der Waals surface area contributed by atoms with Gasteiger partial charge in [-0.3, -0.25) is 0 Å². The van der Waals surface area contributed by atoms with Gasteiger partial charge in [-0.05, 0) is 18.9 Å². The maximum atomic E-state index is 8.81. The van der Waals surface area contributed by atoms with Crippen LogP contribution < -0.4 is 0 Å². The largest absolute Gasteiger partial charge is 0.489 e. The lowest BCUT2D eigenvalue weighted by Gasteiger charge is -2.25. The molecule has 5 nitrogen and oxygen atoms in total. The van der Waals surface area contributed by atoms with Crippen molar-refractivity contribution in [1.82, 2.24) is 4.90 Å². The Morgan fingerprint density at radius 3 is 2.82 bits per heavy atom. The van der Waals surface area contributed by atoms with E-state index in [-0.39, 0.29) is 13.2 Å². The number of nitrogens with zero attached hydrogens (tertiary/aromatic N) is 3. The molecule has 2 aliphatic rings. The van der Waals surface area contributed by atoms with Gasteiger partial charge in [-0.15, -0.1) is 0 Å². The van der Waals surface area contributed by atoms with Crippen molar-refractivity contribution in [3.63, 3.8) is 0 Å². The summed E-state index contributed by atoms with van der Waals surface area (Å²) in [5.74, 6) is 0.694. The summed E-state index contributed by atoms with van der Waals surface area (Å²) in [6.07, 6.45) is 6.78. The summed E-state index contributed by atoms with van der Waals surface area (Å²) in [4.78, 5) is 5.48. The Morgan fingerprint density at radius 1 is 1.41 bits per heavy atom. The summed E-state index contributed by atoms with van der Waals surface area (Å²) >= 11 is 0. The fraction of sp³-hybridized carbons (Fsp3) is 0.583. The molecular weight excluding hydrogens is 218 g/mol. The molecule has 92 valence electrons. The molecule has 0 bridgehead atoms. The van der Waals surface area contributed by atoms with E-state index in [4.69, 9.17) is 15.4 Å². The first-order valence-corrected chi connectivity index (χ1v) is 5.97. The minimum atomic E-state index is -0.0176. The zero-order valence-electron chi connectivity index (χ0n) is 9.80. The SMILES string of the molecule is [N-]=[N+]=C1C=C(OCCO)C(N2CCCC2)=CC1. The summed E-state index contributed by atoms with van der Waals surface area (Å²) < 4.78 is 5.50. The van der Waals surface area contributed by atoms with E-state index in [9.17, 15) is 0 Å². The van der Waals surface area contributed by atoms with Crippen LogP contribution in [0.1, 0.15) is 19.3 Å². The van der Waals surface area contributed by atoms with Crippen molar-refractivity contribution in [2.24, 2.45) is 0 Å². The van der Waals surface area contributed by atoms with Crippen LogP contribution in [0.2, 0.25) is 0 Å². The molecule has 0 aromatic rings. The number of likely N-dealkylation sites (tertiary alicyclic amines) is 1. The average molecular weight is 235 g/mol. The van der Waals surface area contributed by atoms with Crippen molar-refractivity contribution < 1.29 is 14.6 Å². The Bertz CT molecular complexity index is 389. The van der Waals surface area contributed by atoms with E-state index in [2.05, 4.69) is 9.69 Å². The van der Waals surface area contributed by atoms with Crippen LogP contribution >= 0.6 is 0 Å². The molecule has 0 atom stereocenters. The third-order valence-electron chi connectivity index (χ3n) is 2.98. The Labute approximate surface area is 101 Å². The van der Waals surface area contributed by atoms with Gasteiger partial charge < -0.3 is 20.3 Å². The fourth-order valence-corrected chi connectivity index (χ4v) is 2.17. The van der Waals surface area contributed by atoms with E-state index < -0.39 is 0 Å². The highest BCUT2D eigenvalue weighted by Crippen LogP contribution is 2.25. The minimum absolute atomic E-state index is 0.0176. The third-order valence-corrected chi connectivity index (χ3v) is 2.98. The molecule has 0 aromatic carbocycles. The Balaban J connectivity index is 2.15. The normalized spacial score (nSPS) is 19.8. The second kappa shape index (κ2) is 5.66. The van der Waals surface area contributed by atoms with Crippen LogP contribution in [0, 0.1) is 0 Å². The topological polar surface area (TPSA) is 69.1 Å². The zero-order valence-corrected chi connectivity index (χ0v) is 9.80. The van der Waals surface area contributed by atoms with Crippen LogP contribution in [0.3, 0.4) is 0 Å². The summed E-state index contributed by atoms with van der Waals surface area (Å²) in [5.41, 5.74) is 10.4. The van der Waals surface area contributed by atoms with Gasteiger partial charge >= 0.3 is 0 Å². The van der Waals surface area contributed by atoms with Gasteiger partial charge in [0.15, 0.2) is 0 Å². The van der Waals surface area contributed by atoms with E-state index in [1.54, 1.807) is 6.08 Å². The molecule has 0 radical (unpaired) electrons. The Kier molecular flexibility index (Phi) is 3.96. The van der Waals surface area contributed by atoms with E-state index in [1.807, 2.05) is 6.08 Å². The molecule has 1 aliphatic carbocycles. The van der Waals surface area contributed by atoms with Crippen LogP contribution in [-0.2, 0) is 4.74 Å². The first kappa shape index (κ1) is 11.9. The first-order valence-electron chi connectivity index (χ1n) is 5.97. The molecule has 0 unspecified atom stereocenters. The number of hydrogen-bond donors (Lipinski definition) is 1. The van der Waals surface area contributed by atoms with Crippen LogP contribution in [-0.4, -0.2) is 46.8 Å². The highest BCUT2D eigenvalue weighted by Gasteiger charge is 2.24. The number of ether oxygens (including phenoxy) is 1. The molecule has 1 saturated heterocycles. The monoisotopic (exact) mass is 235 g/mol. The number of aliphatic hydroxyl groups excluding tert-OH is 1. The van der Waals surface area contributed by atoms with Crippen molar-refractivity contribution in [2.75, 3.05) is 26.3 Å². The molecule has 17 heavy (non-hydrogen) atoms. The Morgan fingerprint density at radius 2 is 2.18 bits per heavy atom. The van der Waals surface area contributed by atoms with Crippen molar-refractivity contribution in [3.05, 3.63) is 29.1 Å². The van der Waals surface area contributed by atoms with Gasteiger partial charge in [0.25, 0.3) is 5.71 Å². The van der Waals surface area contributed by atoms with Crippen molar-refractivity contribution in [1.29, 1.82) is 0 Å². The summed E-state index contributed by atoms with van der Waals surface area (Å²) in [5, 5.41) is 8.81. The maximum Gasteiger partial charge on any atom is 0.299 e. The number of rotatable bonds is 4. The molecule has 0 spiro atoms. The lowest BCUT2D eigenvalue weighted by atomic mass is 10.1. The van der Waals surface area contributed by atoms with Gasteiger partial charge in [0.2, 0.25) is 0 Å². The zero-order chi connectivity index (χ0) is 12.1. The second-order valence-electron chi connectivity index (χ2n) is 4.16. The van der Waals surface area contributed by atoms with Crippen molar-refractivity contribution in [2.45, 2.75) is 19.3 Å². The van der Waals surface area contributed by atoms with Gasteiger partial charge in [0.1, 0.15) is 12.4 Å². The minimum Gasteiger partial charge on any atom is -0.489 e. The maximum absolute atomic E-state index is 8.81. The van der Waals surface area contributed by atoms with Crippen LogP contribution in [0.15, 0.2) is 23.6 Å². The van der Waals surface area contributed by atoms with Crippen LogP contribution in [0.25, 0.3) is 5.53 Å². The number of hydrogen-bond acceptors (Lipinski definition) is 3. The molecule has 0 amide bonds. The summed E-state index contributed by atoms with van der Waals surface area (Å²) in [7, 11) is 0. The van der Waals surface area contributed by atoms with Crippen molar-refractivity contribution >= 4 is 5.71 Å². The molecule has 1 N–H and O–H groups in total.